The minimum atomic E-state index is -0.0277. The van der Waals surface area contributed by atoms with Crippen molar-refractivity contribution in [3.8, 4) is 0 Å². The Hall–Kier alpha value is -2.70. The first-order chi connectivity index (χ1) is 11.3. The topological polar surface area (TPSA) is 83.0 Å². The van der Waals surface area contributed by atoms with Gasteiger partial charge in [-0.25, -0.2) is 14.8 Å². The number of hydrogen-bond acceptors (Lipinski definition) is 5. The molecule has 1 atom stereocenters. The van der Waals surface area contributed by atoms with Crippen LogP contribution in [-0.2, 0) is 0 Å². The summed E-state index contributed by atoms with van der Waals surface area (Å²) in [7, 11) is 0. The second kappa shape index (κ2) is 7.53. The maximum atomic E-state index is 12.4. The van der Waals surface area contributed by atoms with Crippen molar-refractivity contribution in [3.63, 3.8) is 0 Å². The summed E-state index contributed by atoms with van der Waals surface area (Å²) in [4.78, 5) is 26.5. The first-order valence-electron chi connectivity index (χ1n) is 7.80. The van der Waals surface area contributed by atoms with Gasteiger partial charge in [0, 0.05) is 44.4 Å². The number of anilines is 1. The number of carbonyl (C=O) groups excluding carboxylic acids is 1. The number of amides is 2. The molecule has 3 heterocycles. The summed E-state index contributed by atoms with van der Waals surface area (Å²) in [5, 5.41) is 6.02. The lowest BCUT2D eigenvalue weighted by Crippen LogP contribution is -2.41. The molecule has 7 nitrogen and oxygen atoms in total. The smallest absolute Gasteiger partial charge is 0.317 e. The van der Waals surface area contributed by atoms with E-state index in [0.717, 1.165) is 24.9 Å². The average molecular weight is 312 g/mol. The molecule has 23 heavy (non-hydrogen) atoms. The number of likely N-dealkylation sites (tertiary alicyclic amines) is 1. The second-order valence-electron chi connectivity index (χ2n) is 5.36. The molecule has 2 amide bonds. The molecule has 0 aromatic carbocycles. The lowest BCUT2D eigenvalue weighted by Gasteiger charge is -2.25. The Morgan fingerprint density at radius 2 is 1.96 bits per heavy atom. The Labute approximate surface area is 135 Å². The molecule has 7 heteroatoms. The monoisotopic (exact) mass is 312 g/mol. The van der Waals surface area contributed by atoms with Crippen molar-refractivity contribution in [1.29, 1.82) is 0 Å². The summed E-state index contributed by atoms with van der Waals surface area (Å²) in [5.41, 5.74) is 1.14. The Balaban J connectivity index is 1.48. The van der Waals surface area contributed by atoms with Crippen LogP contribution in [-0.4, -0.2) is 45.5 Å². The van der Waals surface area contributed by atoms with Gasteiger partial charge in [0.05, 0.1) is 6.04 Å². The quantitative estimate of drug-likeness (QED) is 0.823. The van der Waals surface area contributed by atoms with Crippen molar-refractivity contribution in [2.75, 3.05) is 25.0 Å². The standard InChI is InChI=1S/C16H20N6O/c23-16(21-11-10-20-15-18-6-2-7-19-15)22-12-1-3-14(22)13-4-8-17-9-5-13/h2,4-9,14H,1,3,10-12H2,(H,21,23)(H,18,19,20)/t14-/m0/s1. The van der Waals surface area contributed by atoms with Crippen molar-refractivity contribution in [1.82, 2.24) is 25.2 Å². The minimum Gasteiger partial charge on any atom is -0.352 e. The average Bonchev–Trinajstić information content (AvgIpc) is 3.10. The van der Waals surface area contributed by atoms with Crippen molar-refractivity contribution >= 4 is 12.0 Å². The Morgan fingerprint density at radius 3 is 2.74 bits per heavy atom. The first-order valence-corrected chi connectivity index (χ1v) is 7.80. The van der Waals surface area contributed by atoms with Crippen LogP contribution in [0, 0.1) is 0 Å². The molecule has 0 unspecified atom stereocenters. The van der Waals surface area contributed by atoms with Gasteiger partial charge >= 0.3 is 6.03 Å². The van der Waals surface area contributed by atoms with Gasteiger partial charge in [-0.05, 0) is 36.6 Å². The van der Waals surface area contributed by atoms with Gasteiger partial charge in [0.2, 0.25) is 5.95 Å². The van der Waals surface area contributed by atoms with Gasteiger partial charge in [0.25, 0.3) is 0 Å². The van der Waals surface area contributed by atoms with Crippen LogP contribution < -0.4 is 10.6 Å². The van der Waals surface area contributed by atoms with Crippen molar-refractivity contribution in [2.24, 2.45) is 0 Å². The number of pyridine rings is 1. The lowest BCUT2D eigenvalue weighted by atomic mass is 10.1. The predicted octanol–water partition coefficient (Wildman–Crippen LogP) is 1.83. The van der Waals surface area contributed by atoms with Crippen LogP contribution in [0.5, 0.6) is 0 Å². The molecule has 1 aliphatic heterocycles. The van der Waals surface area contributed by atoms with Crippen LogP contribution in [0.3, 0.4) is 0 Å². The molecule has 0 saturated carbocycles. The molecule has 3 rings (SSSR count). The van der Waals surface area contributed by atoms with Crippen LogP contribution in [0.25, 0.3) is 0 Å². The third-order valence-electron chi connectivity index (χ3n) is 3.85. The minimum absolute atomic E-state index is 0.0277. The molecule has 0 aliphatic carbocycles. The van der Waals surface area contributed by atoms with E-state index >= 15 is 0 Å². The fourth-order valence-electron chi connectivity index (χ4n) is 2.78. The summed E-state index contributed by atoms with van der Waals surface area (Å²) in [5.74, 6) is 0.567. The number of rotatable bonds is 5. The van der Waals surface area contributed by atoms with Gasteiger partial charge in [-0.2, -0.15) is 0 Å². The summed E-state index contributed by atoms with van der Waals surface area (Å²) in [6.45, 7) is 1.90. The van der Waals surface area contributed by atoms with Crippen LogP contribution in [0.1, 0.15) is 24.4 Å². The zero-order valence-corrected chi connectivity index (χ0v) is 12.9. The van der Waals surface area contributed by atoms with E-state index in [-0.39, 0.29) is 12.1 Å². The lowest BCUT2D eigenvalue weighted by molar-refractivity contribution is 0.193. The fourth-order valence-corrected chi connectivity index (χ4v) is 2.78. The summed E-state index contributed by atoms with van der Waals surface area (Å²) in [6.07, 6.45) is 8.92. The summed E-state index contributed by atoms with van der Waals surface area (Å²) < 4.78 is 0. The van der Waals surface area contributed by atoms with Crippen LogP contribution in [0.4, 0.5) is 10.7 Å². The maximum Gasteiger partial charge on any atom is 0.317 e. The Morgan fingerprint density at radius 1 is 1.17 bits per heavy atom. The molecule has 0 bridgehead atoms. The highest BCUT2D eigenvalue weighted by atomic mass is 16.2. The second-order valence-corrected chi connectivity index (χ2v) is 5.36. The van der Waals surface area contributed by atoms with E-state index in [2.05, 4.69) is 25.6 Å². The highest BCUT2D eigenvalue weighted by molar-refractivity contribution is 5.75. The summed E-state index contributed by atoms with van der Waals surface area (Å²) in [6, 6.07) is 5.83. The van der Waals surface area contributed by atoms with Gasteiger partial charge in [-0.15, -0.1) is 0 Å². The molecular weight excluding hydrogens is 292 g/mol. The number of urea groups is 1. The molecule has 0 spiro atoms. The third-order valence-corrected chi connectivity index (χ3v) is 3.85. The number of aromatic nitrogens is 3. The normalized spacial score (nSPS) is 17.0. The molecule has 2 aromatic rings. The predicted molar refractivity (Wildman–Crippen MR) is 86.8 cm³/mol. The molecule has 120 valence electrons. The first kappa shape index (κ1) is 15.2. The maximum absolute atomic E-state index is 12.4. The number of carbonyl (C=O) groups is 1. The van der Waals surface area contributed by atoms with Gasteiger partial charge in [0.1, 0.15) is 0 Å². The number of nitrogens with one attached hydrogen (secondary N) is 2. The van der Waals surface area contributed by atoms with E-state index in [4.69, 9.17) is 0 Å². The van der Waals surface area contributed by atoms with Gasteiger partial charge in [-0.3, -0.25) is 4.98 Å². The SMILES string of the molecule is O=C(NCCNc1ncccn1)N1CCC[C@H]1c1ccncc1. The van der Waals surface area contributed by atoms with E-state index in [9.17, 15) is 4.79 Å². The molecule has 2 aromatic heterocycles. The number of hydrogen-bond donors (Lipinski definition) is 2. The van der Waals surface area contributed by atoms with Crippen LogP contribution >= 0.6 is 0 Å². The van der Waals surface area contributed by atoms with Crippen LogP contribution in [0.15, 0.2) is 43.0 Å². The largest absolute Gasteiger partial charge is 0.352 e. The molecular formula is C16H20N6O. The van der Waals surface area contributed by atoms with Crippen molar-refractivity contribution in [3.05, 3.63) is 48.5 Å². The molecule has 0 radical (unpaired) electrons. The van der Waals surface area contributed by atoms with E-state index < -0.39 is 0 Å². The van der Waals surface area contributed by atoms with E-state index in [1.165, 1.54) is 0 Å². The van der Waals surface area contributed by atoms with Crippen LogP contribution in [0.2, 0.25) is 0 Å². The Bertz CT molecular complexity index is 621. The van der Waals surface area contributed by atoms with E-state index in [1.54, 1.807) is 30.9 Å². The molecule has 1 saturated heterocycles. The summed E-state index contributed by atoms with van der Waals surface area (Å²) >= 11 is 0. The Kier molecular flexibility index (Phi) is 4.98. The van der Waals surface area contributed by atoms with E-state index in [1.807, 2.05) is 17.0 Å². The van der Waals surface area contributed by atoms with Crippen molar-refractivity contribution < 1.29 is 4.79 Å². The zero-order chi connectivity index (χ0) is 15.9. The highest BCUT2D eigenvalue weighted by Gasteiger charge is 2.29. The third kappa shape index (κ3) is 3.94. The van der Waals surface area contributed by atoms with E-state index in [0.29, 0.717) is 19.0 Å². The molecule has 1 aliphatic rings. The molecule has 2 N–H and O–H groups in total. The van der Waals surface area contributed by atoms with Gasteiger partial charge in [-0.1, -0.05) is 0 Å². The van der Waals surface area contributed by atoms with Gasteiger partial charge < -0.3 is 15.5 Å². The highest BCUT2D eigenvalue weighted by Crippen LogP contribution is 2.31. The van der Waals surface area contributed by atoms with Crippen molar-refractivity contribution in [2.45, 2.75) is 18.9 Å². The molecule has 1 fully saturated rings. The fraction of sp³-hybridized carbons (Fsp3) is 0.375. The number of nitrogens with zero attached hydrogens (tertiary/aromatic N) is 4. The van der Waals surface area contributed by atoms with Gasteiger partial charge in [0.15, 0.2) is 0 Å². The zero-order valence-electron chi connectivity index (χ0n) is 12.9.